The van der Waals surface area contributed by atoms with Gasteiger partial charge in [0, 0.05) is 0 Å². The number of ether oxygens (including phenoxy) is 3. The number of esters is 1. The maximum Gasteiger partial charge on any atom is 0.337 e. The highest BCUT2D eigenvalue weighted by Gasteiger charge is 2.04. The second-order valence-corrected chi connectivity index (χ2v) is 4.56. The summed E-state index contributed by atoms with van der Waals surface area (Å²) in [6, 6.07) is 12.9. The molecule has 0 spiro atoms. The number of hydrogen-bond donors (Lipinski definition) is 0. The van der Waals surface area contributed by atoms with Crippen LogP contribution in [0.3, 0.4) is 0 Å². The molecule has 0 aliphatic heterocycles. The Balaban J connectivity index is 2.16. The molecule has 0 bridgehead atoms. The molecule has 0 saturated carbocycles. The highest BCUT2D eigenvalue weighted by molar-refractivity contribution is 5.89. The summed E-state index contributed by atoms with van der Waals surface area (Å²) in [4.78, 5) is 11.4. The van der Waals surface area contributed by atoms with Crippen molar-refractivity contribution in [3.8, 4) is 11.5 Å². The normalized spacial score (nSPS) is 10.5. The van der Waals surface area contributed by atoms with E-state index in [-0.39, 0.29) is 5.97 Å². The third kappa shape index (κ3) is 3.67. The van der Waals surface area contributed by atoms with Crippen LogP contribution >= 0.6 is 0 Å². The lowest BCUT2D eigenvalue weighted by molar-refractivity contribution is 0.0600. The monoisotopic (exact) mass is 298 g/mol. The molecule has 0 heterocycles. The number of rotatable bonds is 5. The summed E-state index contributed by atoms with van der Waals surface area (Å²) in [5.41, 5.74) is 2.52. The van der Waals surface area contributed by atoms with Crippen LogP contribution < -0.4 is 9.47 Å². The van der Waals surface area contributed by atoms with E-state index in [1.54, 1.807) is 26.4 Å². The predicted octanol–water partition coefficient (Wildman–Crippen LogP) is 3.66. The number of benzene rings is 2. The molecule has 0 aliphatic rings. The highest BCUT2D eigenvalue weighted by Crippen LogP contribution is 2.28. The van der Waals surface area contributed by atoms with E-state index in [4.69, 9.17) is 9.47 Å². The SMILES string of the molecule is COC(=O)c1ccc(/C=C/c2ccc(OC)c(OC)c2)cc1. The summed E-state index contributed by atoms with van der Waals surface area (Å²) < 4.78 is 15.2. The van der Waals surface area contributed by atoms with Crippen molar-refractivity contribution in [3.63, 3.8) is 0 Å². The first-order chi connectivity index (χ1) is 10.7. The van der Waals surface area contributed by atoms with Gasteiger partial charge in [-0.3, -0.25) is 0 Å². The number of hydrogen-bond acceptors (Lipinski definition) is 4. The van der Waals surface area contributed by atoms with Gasteiger partial charge in [0.15, 0.2) is 11.5 Å². The largest absolute Gasteiger partial charge is 0.493 e. The fourth-order valence-electron chi connectivity index (χ4n) is 2.00. The topological polar surface area (TPSA) is 44.8 Å². The Hall–Kier alpha value is -2.75. The number of carbonyl (C=O) groups is 1. The van der Waals surface area contributed by atoms with Crippen LogP contribution in [0.1, 0.15) is 21.5 Å². The summed E-state index contributed by atoms with van der Waals surface area (Å²) in [5, 5.41) is 0. The molecule has 0 amide bonds. The Bertz CT molecular complexity index is 672. The van der Waals surface area contributed by atoms with E-state index in [1.807, 2.05) is 42.5 Å². The van der Waals surface area contributed by atoms with Crippen molar-refractivity contribution in [3.05, 3.63) is 59.2 Å². The van der Waals surface area contributed by atoms with Crippen molar-refractivity contribution in [1.82, 2.24) is 0 Å². The molecule has 2 aromatic carbocycles. The predicted molar refractivity (Wildman–Crippen MR) is 86.3 cm³/mol. The molecule has 114 valence electrons. The molecule has 0 saturated heterocycles. The van der Waals surface area contributed by atoms with Crippen LogP contribution in [0, 0.1) is 0 Å². The molecule has 4 nitrogen and oxygen atoms in total. The van der Waals surface area contributed by atoms with Crippen LogP contribution in [-0.2, 0) is 4.74 Å². The Morgan fingerprint density at radius 3 is 2.00 bits per heavy atom. The third-order valence-electron chi connectivity index (χ3n) is 3.21. The lowest BCUT2D eigenvalue weighted by Gasteiger charge is -2.07. The fraction of sp³-hybridized carbons (Fsp3) is 0.167. The summed E-state index contributed by atoms with van der Waals surface area (Å²) in [5.74, 6) is 1.04. The second kappa shape index (κ2) is 7.31. The lowest BCUT2D eigenvalue weighted by Crippen LogP contribution is -2.00. The zero-order valence-corrected chi connectivity index (χ0v) is 12.8. The molecule has 22 heavy (non-hydrogen) atoms. The molecule has 0 unspecified atom stereocenters. The molecule has 0 fully saturated rings. The quantitative estimate of drug-likeness (QED) is 0.624. The van der Waals surface area contributed by atoms with E-state index in [0.717, 1.165) is 11.1 Å². The summed E-state index contributed by atoms with van der Waals surface area (Å²) in [7, 11) is 4.58. The van der Waals surface area contributed by atoms with Gasteiger partial charge < -0.3 is 14.2 Å². The molecule has 2 aromatic rings. The van der Waals surface area contributed by atoms with Crippen LogP contribution in [0.2, 0.25) is 0 Å². The molecule has 0 aromatic heterocycles. The van der Waals surface area contributed by atoms with Crippen molar-refractivity contribution >= 4 is 18.1 Å². The molecule has 2 rings (SSSR count). The fourth-order valence-corrected chi connectivity index (χ4v) is 2.00. The Labute approximate surface area is 129 Å². The van der Waals surface area contributed by atoms with Gasteiger partial charge in [-0.25, -0.2) is 4.79 Å². The maximum atomic E-state index is 11.4. The van der Waals surface area contributed by atoms with Gasteiger partial charge in [-0.1, -0.05) is 30.4 Å². The van der Waals surface area contributed by atoms with Crippen molar-refractivity contribution in [1.29, 1.82) is 0 Å². The van der Waals surface area contributed by atoms with Gasteiger partial charge in [0.05, 0.1) is 26.9 Å². The van der Waals surface area contributed by atoms with Gasteiger partial charge in [0.2, 0.25) is 0 Å². The number of methoxy groups -OCH3 is 3. The van der Waals surface area contributed by atoms with Gasteiger partial charge >= 0.3 is 5.97 Å². The first-order valence-electron chi connectivity index (χ1n) is 6.76. The lowest BCUT2D eigenvalue weighted by atomic mass is 10.1. The van der Waals surface area contributed by atoms with Gasteiger partial charge in [0.25, 0.3) is 0 Å². The summed E-state index contributed by atoms with van der Waals surface area (Å²) in [6.45, 7) is 0. The van der Waals surface area contributed by atoms with Gasteiger partial charge in [-0.05, 0) is 35.4 Å². The van der Waals surface area contributed by atoms with E-state index in [2.05, 4.69) is 4.74 Å². The van der Waals surface area contributed by atoms with E-state index in [1.165, 1.54) is 7.11 Å². The molecule has 0 aliphatic carbocycles. The smallest absolute Gasteiger partial charge is 0.337 e. The molecule has 4 heteroatoms. The minimum Gasteiger partial charge on any atom is -0.493 e. The Kier molecular flexibility index (Phi) is 5.20. The maximum absolute atomic E-state index is 11.4. The zero-order valence-electron chi connectivity index (χ0n) is 12.8. The van der Waals surface area contributed by atoms with Crippen molar-refractivity contribution in [2.24, 2.45) is 0 Å². The third-order valence-corrected chi connectivity index (χ3v) is 3.21. The van der Waals surface area contributed by atoms with Gasteiger partial charge in [0.1, 0.15) is 0 Å². The zero-order chi connectivity index (χ0) is 15.9. The number of carbonyl (C=O) groups excluding carboxylic acids is 1. The van der Waals surface area contributed by atoms with E-state index >= 15 is 0 Å². The summed E-state index contributed by atoms with van der Waals surface area (Å²) >= 11 is 0. The van der Waals surface area contributed by atoms with Crippen LogP contribution in [0.5, 0.6) is 11.5 Å². The summed E-state index contributed by atoms with van der Waals surface area (Å²) in [6.07, 6.45) is 3.93. The second-order valence-electron chi connectivity index (χ2n) is 4.56. The van der Waals surface area contributed by atoms with E-state index < -0.39 is 0 Å². The van der Waals surface area contributed by atoms with Gasteiger partial charge in [-0.2, -0.15) is 0 Å². The average Bonchev–Trinajstić information content (AvgIpc) is 2.59. The molecule has 0 radical (unpaired) electrons. The van der Waals surface area contributed by atoms with Crippen LogP contribution in [-0.4, -0.2) is 27.3 Å². The standard InChI is InChI=1S/C18H18O4/c1-20-16-11-8-14(12-17(16)21-2)5-4-13-6-9-15(10-7-13)18(19)22-3/h4-12H,1-3H3/b5-4+. The highest BCUT2D eigenvalue weighted by atomic mass is 16.5. The van der Waals surface area contributed by atoms with Crippen LogP contribution in [0.25, 0.3) is 12.2 Å². The Morgan fingerprint density at radius 2 is 1.41 bits per heavy atom. The molecular formula is C18H18O4. The van der Waals surface area contributed by atoms with E-state index in [0.29, 0.717) is 17.1 Å². The minimum atomic E-state index is -0.338. The van der Waals surface area contributed by atoms with Crippen molar-refractivity contribution in [2.75, 3.05) is 21.3 Å². The van der Waals surface area contributed by atoms with Gasteiger partial charge in [-0.15, -0.1) is 0 Å². The van der Waals surface area contributed by atoms with E-state index in [9.17, 15) is 4.79 Å². The van der Waals surface area contributed by atoms with Crippen LogP contribution in [0.4, 0.5) is 0 Å². The molecular weight excluding hydrogens is 280 g/mol. The minimum absolute atomic E-state index is 0.338. The Morgan fingerprint density at radius 1 is 0.818 bits per heavy atom. The first kappa shape index (κ1) is 15.6. The van der Waals surface area contributed by atoms with Crippen molar-refractivity contribution in [2.45, 2.75) is 0 Å². The van der Waals surface area contributed by atoms with Crippen LogP contribution in [0.15, 0.2) is 42.5 Å². The molecule has 0 N–H and O–H groups in total. The molecule has 0 atom stereocenters. The van der Waals surface area contributed by atoms with Crippen molar-refractivity contribution < 1.29 is 19.0 Å². The average molecular weight is 298 g/mol. The first-order valence-corrected chi connectivity index (χ1v) is 6.76.